The number of hydrogen-bond acceptors (Lipinski definition) is 5. The lowest BCUT2D eigenvalue weighted by Gasteiger charge is -2.25. The second-order valence-electron chi connectivity index (χ2n) is 7.19. The van der Waals surface area contributed by atoms with E-state index in [0.29, 0.717) is 5.56 Å². The molecule has 3 aromatic rings. The smallest absolute Gasteiger partial charge is 0.295 e. The lowest BCUT2D eigenvalue weighted by molar-refractivity contribution is -0.140. The molecule has 1 aromatic heterocycles. The number of carbonyl (C=O) groups is 2. The highest BCUT2D eigenvalue weighted by atomic mass is 79.9. The monoisotopic (exact) mass is 496 g/mol. The summed E-state index contributed by atoms with van der Waals surface area (Å²) >= 11 is 3.38. The molecule has 0 radical (unpaired) electrons. The average Bonchev–Trinajstić information content (AvgIpc) is 3.04. The summed E-state index contributed by atoms with van der Waals surface area (Å²) in [5.74, 6) is -2.73. The molecule has 32 heavy (non-hydrogen) atoms. The van der Waals surface area contributed by atoms with Gasteiger partial charge in [0.25, 0.3) is 11.7 Å². The Balaban J connectivity index is 1.86. The number of rotatable bonds is 5. The Morgan fingerprint density at radius 3 is 2.56 bits per heavy atom. The molecule has 4 rings (SSSR count). The second kappa shape index (κ2) is 8.92. The maximum atomic E-state index is 14.3. The van der Waals surface area contributed by atoms with E-state index in [1.807, 2.05) is 0 Å². The largest absolute Gasteiger partial charge is 0.507 e. The molecule has 162 valence electrons. The third-order valence-electron chi connectivity index (χ3n) is 5.23. The molecule has 8 heteroatoms. The van der Waals surface area contributed by atoms with Crippen LogP contribution in [0.5, 0.6) is 5.75 Å². The summed E-state index contributed by atoms with van der Waals surface area (Å²) in [6.07, 6.45) is 3.22. The number of methoxy groups -OCH3 is 1. The molecule has 1 aliphatic heterocycles. The minimum absolute atomic E-state index is 0.00281. The Bertz CT molecular complexity index is 1210. The van der Waals surface area contributed by atoms with E-state index in [1.165, 1.54) is 24.1 Å². The van der Waals surface area contributed by atoms with Crippen molar-refractivity contribution in [1.29, 1.82) is 0 Å². The quantitative estimate of drug-likeness (QED) is 0.317. The van der Waals surface area contributed by atoms with Gasteiger partial charge in [-0.05, 0) is 47.5 Å². The molecule has 1 atom stereocenters. The number of halogens is 2. The molecule has 0 bridgehead atoms. The van der Waals surface area contributed by atoms with Crippen LogP contribution < -0.4 is 4.74 Å². The predicted octanol–water partition coefficient (Wildman–Crippen LogP) is 4.61. The van der Waals surface area contributed by atoms with Crippen LogP contribution in [-0.4, -0.2) is 33.8 Å². The molecular formula is C24H18BrFN2O4. The van der Waals surface area contributed by atoms with E-state index < -0.39 is 29.3 Å². The number of nitrogens with zero attached hydrogens (tertiary/aromatic N) is 2. The highest BCUT2D eigenvalue weighted by Crippen LogP contribution is 2.40. The number of Topliss-reactive ketones (excluding diaryl/α,β-unsaturated/α-hetero) is 1. The van der Waals surface area contributed by atoms with Crippen LogP contribution in [0, 0.1) is 5.82 Å². The van der Waals surface area contributed by atoms with E-state index in [-0.39, 0.29) is 23.4 Å². The Hall–Kier alpha value is -3.52. The zero-order chi connectivity index (χ0) is 22.8. The fourth-order valence-electron chi connectivity index (χ4n) is 3.69. The normalized spacial score (nSPS) is 17.6. The number of benzene rings is 2. The number of pyridine rings is 1. The van der Waals surface area contributed by atoms with Gasteiger partial charge in [-0.1, -0.05) is 34.1 Å². The van der Waals surface area contributed by atoms with Gasteiger partial charge in [0.15, 0.2) is 11.6 Å². The minimum Gasteiger partial charge on any atom is -0.507 e. The van der Waals surface area contributed by atoms with Crippen molar-refractivity contribution in [2.24, 2.45) is 0 Å². The maximum Gasteiger partial charge on any atom is 0.295 e. The molecule has 1 amide bonds. The van der Waals surface area contributed by atoms with Gasteiger partial charge in [-0.3, -0.25) is 14.6 Å². The highest BCUT2D eigenvalue weighted by molar-refractivity contribution is 9.10. The van der Waals surface area contributed by atoms with Crippen molar-refractivity contribution in [2.75, 3.05) is 7.11 Å². The molecule has 2 aromatic carbocycles. The summed E-state index contributed by atoms with van der Waals surface area (Å²) in [6, 6.07) is 13.6. The molecular weight excluding hydrogens is 479 g/mol. The fourth-order valence-corrected chi connectivity index (χ4v) is 3.96. The Labute approximate surface area is 192 Å². The van der Waals surface area contributed by atoms with Gasteiger partial charge in [0.05, 0.1) is 18.7 Å². The lowest BCUT2D eigenvalue weighted by atomic mass is 9.95. The number of aromatic nitrogens is 1. The van der Waals surface area contributed by atoms with Crippen LogP contribution in [0.15, 0.2) is 77.0 Å². The second-order valence-corrected chi connectivity index (χ2v) is 8.10. The van der Waals surface area contributed by atoms with Gasteiger partial charge >= 0.3 is 0 Å². The van der Waals surface area contributed by atoms with Crippen LogP contribution in [0.3, 0.4) is 0 Å². The highest BCUT2D eigenvalue weighted by Gasteiger charge is 2.46. The molecule has 1 unspecified atom stereocenters. The van der Waals surface area contributed by atoms with E-state index in [1.54, 1.807) is 48.8 Å². The van der Waals surface area contributed by atoms with Crippen molar-refractivity contribution in [3.05, 3.63) is 99.5 Å². The topological polar surface area (TPSA) is 79.7 Å². The van der Waals surface area contributed by atoms with Crippen LogP contribution in [0.2, 0.25) is 0 Å². The lowest BCUT2D eigenvalue weighted by Crippen LogP contribution is -2.29. The minimum atomic E-state index is -0.853. The predicted molar refractivity (Wildman–Crippen MR) is 119 cm³/mol. The van der Waals surface area contributed by atoms with E-state index in [2.05, 4.69) is 20.9 Å². The number of amides is 1. The van der Waals surface area contributed by atoms with Gasteiger partial charge in [0, 0.05) is 29.0 Å². The van der Waals surface area contributed by atoms with Crippen molar-refractivity contribution < 1.29 is 23.8 Å². The zero-order valence-electron chi connectivity index (χ0n) is 17.0. The van der Waals surface area contributed by atoms with Gasteiger partial charge in [-0.15, -0.1) is 0 Å². The van der Waals surface area contributed by atoms with Gasteiger partial charge in [-0.2, -0.15) is 0 Å². The Morgan fingerprint density at radius 2 is 1.94 bits per heavy atom. The maximum absolute atomic E-state index is 14.3. The number of ketones is 1. The van der Waals surface area contributed by atoms with E-state index in [9.17, 15) is 19.1 Å². The molecule has 1 saturated heterocycles. The number of ether oxygens (including phenoxy) is 1. The summed E-state index contributed by atoms with van der Waals surface area (Å²) in [5, 5.41) is 11.0. The Kier molecular flexibility index (Phi) is 6.05. The van der Waals surface area contributed by atoms with Gasteiger partial charge in [0.1, 0.15) is 5.76 Å². The number of aliphatic hydroxyl groups excluding tert-OH is 1. The third kappa shape index (κ3) is 4.01. The summed E-state index contributed by atoms with van der Waals surface area (Å²) in [7, 11) is 1.33. The van der Waals surface area contributed by atoms with Crippen LogP contribution in [0.25, 0.3) is 5.76 Å². The first-order valence-electron chi connectivity index (χ1n) is 9.67. The summed E-state index contributed by atoms with van der Waals surface area (Å²) in [4.78, 5) is 31.5. The fraction of sp³-hybridized carbons (Fsp3) is 0.125. The molecule has 0 saturated carbocycles. The average molecular weight is 497 g/mol. The molecule has 1 fully saturated rings. The van der Waals surface area contributed by atoms with Crippen molar-refractivity contribution in [2.45, 2.75) is 12.6 Å². The van der Waals surface area contributed by atoms with Gasteiger partial charge < -0.3 is 14.7 Å². The zero-order valence-corrected chi connectivity index (χ0v) is 18.5. The van der Waals surface area contributed by atoms with Crippen molar-refractivity contribution >= 4 is 33.4 Å². The molecule has 1 N–H and O–H groups in total. The van der Waals surface area contributed by atoms with Crippen LogP contribution in [-0.2, 0) is 16.1 Å². The molecule has 1 aliphatic rings. The van der Waals surface area contributed by atoms with Crippen molar-refractivity contribution in [3.8, 4) is 5.75 Å². The van der Waals surface area contributed by atoms with Gasteiger partial charge in [-0.25, -0.2) is 4.39 Å². The Morgan fingerprint density at radius 1 is 1.19 bits per heavy atom. The molecule has 0 aliphatic carbocycles. The van der Waals surface area contributed by atoms with E-state index in [0.717, 1.165) is 16.1 Å². The van der Waals surface area contributed by atoms with Crippen LogP contribution >= 0.6 is 15.9 Å². The molecule has 6 nitrogen and oxygen atoms in total. The SMILES string of the molecule is COc1ccc(/C(O)=C2/C(=O)C(=O)N(Cc3cccnc3)C2c2ccc(Br)cc2)cc1F. The van der Waals surface area contributed by atoms with Gasteiger partial charge in [0.2, 0.25) is 0 Å². The number of likely N-dealkylation sites (tertiary alicyclic amines) is 1. The summed E-state index contributed by atoms with van der Waals surface area (Å²) < 4.78 is 20.0. The third-order valence-corrected chi connectivity index (χ3v) is 5.76. The first kappa shape index (κ1) is 21.7. The van der Waals surface area contributed by atoms with Crippen molar-refractivity contribution in [1.82, 2.24) is 9.88 Å². The van der Waals surface area contributed by atoms with Crippen LogP contribution in [0.4, 0.5) is 4.39 Å². The number of carbonyl (C=O) groups excluding carboxylic acids is 2. The van der Waals surface area contributed by atoms with Crippen LogP contribution in [0.1, 0.15) is 22.7 Å². The van der Waals surface area contributed by atoms with E-state index in [4.69, 9.17) is 4.74 Å². The first-order chi connectivity index (χ1) is 15.4. The summed E-state index contributed by atoms with van der Waals surface area (Å²) in [6.45, 7) is 0.118. The first-order valence-corrected chi connectivity index (χ1v) is 10.5. The standard InChI is InChI=1S/C24H18BrFN2O4/c1-32-19-9-6-16(11-18(19)26)22(29)20-21(15-4-7-17(25)8-5-15)28(24(31)23(20)30)13-14-3-2-10-27-12-14/h2-12,21,29H,13H2,1H3/b22-20-. The molecule has 0 spiro atoms. The summed E-state index contributed by atoms with van der Waals surface area (Å²) in [5.41, 5.74) is 1.33. The van der Waals surface area contributed by atoms with Crippen molar-refractivity contribution in [3.63, 3.8) is 0 Å². The molecule has 2 heterocycles. The number of aliphatic hydroxyl groups is 1. The number of hydrogen-bond donors (Lipinski definition) is 1. The van der Waals surface area contributed by atoms with E-state index >= 15 is 0 Å².